The van der Waals surface area contributed by atoms with Crippen molar-refractivity contribution >= 4 is 22.9 Å². The smallest absolute Gasteiger partial charge is 0.273 e. The molecule has 1 amide bonds. The van der Waals surface area contributed by atoms with Crippen molar-refractivity contribution in [2.45, 2.75) is 39.8 Å². The average Bonchev–Trinajstić information content (AvgIpc) is 2.88. The Bertz CT molecular complexity index is 623. The Hall–Kier alpha value is -1.88. The molecule has 5 heteroatoms. The number of rotatable bonds is 5. The SMILES string of the molecule is CCC(C)N(Cc1sccc1C)C(=O)c1cc(N)ccn1. The van der Waals surface area contributed by atoms with E-state index < -0.39 is 0 Å². The van der Waals surface area contributed by atoms with Crippen LogP contribution in [0.25, 0.3) is 0 Å². The molecule has 0 spiro atoms. The summed E-state index contributed by atoms with van der Waals surface area (Å²) in [5, 5.41) is 2.06. The summed E-state index contributed by atoms with van der Waals surface area (Å²) in [6.45, 7) is 6.84. The van der Waals surface area contributed by atoms with E-state index in [1.165, 1.54) is 10.4 Å². The van der Waals surface area contributed by atoms with Crippen molar-refractivity contribution < 1.29 is 4.79 Å². The summed E-state index contributed by atoms with van der Waals surface area (Å²) < 4.78 is 0. The molecule has 0 aliphatic heterocycles. The Morgan fingerprint density at radius 2 is 2.24 bits per heavy atom. The Labute approximate surface area is 129 Å². The first-order valence-electron chi connectivity index (χ1n) is 7.08. The number of carbonyl (C=O) groups is 1. The molecule has 1 unspecified atom stereocenters. The fraction of sp³-hybridized carbons (Fsp3) is 0.375. The Morgan fingerprint density at radius 1 is 1.48 bits per heavy atom. The second kappa shape index (κ2) is 6.72. The molecule has 0 aliphatic rings. The average molecular weight is 303 g/mol. The molecule has 0 saturated heterocycles. The van der Waals surface area contributed by atoms with Crippen LogP contribution in [0.5, 0.6) is 0 Å². The van der Waals surface area contributed by atoms with E-state index in [-0.39, 0.29) is 11.9 Å². The number of nitrogen functional groups attached to an aromatic ring is 1. The minimum Gasteiger partial charge on any atom is -0.399 e. The normalized spacial score (nSPS) is 12.1. The molecule has 1 atom stereocenters. The van der Waals surface area contributed by atoms with Gasteiger partial charge in [-0.25, -0.2) is 0 Å². The van der Waals surface area contributed by atoms with Crippen LogP contribution in [0.1, 0.15) is 41.2 Å². The molecule has 4 nitrogen and oxygen atoms in total. The van der Waals surface area contributed by atoms with E-state index in [9.17, 15) is 4.79 Å². The van der Waals surface area contributed by atoms with Gasteiger partial charge >= 0.3 is 0 Å². The van der Waals surface area contributed by atoms with Crippen LogP contribution < -0.4 is 5.73 Å². The summed E-state index contributed by atoms with van der Waals surface area (Å²) in [6, 6.07) is 5.56. The number of hydrogen-bond donors (Lipinski definition) is 1. The predicted molar refractivity (Wildman–Crippen MR) is 87.3 cm³/mol. The van der Waals surface area contributed by atoms with Gasteiger partial charge in [0.1, 0.15) is 5.69 Å². The Morgan fingerprint density at radius 3 is 2.81 bits per heavy atom. The van der Waals surface area contributed by atoms with Crippen LogP contribution >= 0.6 is 11.3 Å². The fourth-order valence-electron chi connectivity index (χ4n) is 2.08. The molecule has 2 heterocycles. The lowest BCUT2D eigenvalue weighted by molar-refractivity contribution is 0.0667. The second-order valence-electron chi connectivity index (χ2n) is 5.19. The van der Waals surface area contributed by atoms with Gasteiger partial charge in [-0.05, 0) is 49.4 Å². The summed E-state index contributed by atoms with van der Waals surface area (Å²) in [7, 11) is 0. The molecule has 112 valence electrons. The van der Waals surface area contributed by atoms with Crippen molar-refractivity contribution in [3.05, 3.63) is 45.9 Å². The van der Waals surface area contributed by atoms with Crippen molar-refractivity contribution in [2.75, 3.05) is 5.73 Å². The molecular weight excluding hydrogens is 282 g/mol. The van der Waals surface area contributed by atoms with E-state index >= 15 is 0 Å². The van der Waals surface area contributed by atoms with Gasteiger partial charge in [0, 0.05) is 22.8 Å². The number of aryl methyl sites for hydroxylation is 1. The number of aromatic nitrogens is 1. The van der Waals surface area contributed by atoms with E-state index in [0.717, 1.165) is 6.42 Å². The minimum absolute atomic E-state index is 0.0653. The maximum absolute atomic E-state index is 12.7. The number of thiophene rings is 1. The van der Waals surface area contributed by atoms with Crippen LogP contribution in [0.4, 0.5) is 5.69 Å². The molecule has 0 fully saturated rings. The summed E-state index contributed by atoms with van der Waals surface area (Å²) in [4.78, 5) is 20.0. The van der Waals surface area contributed by atoms with Crippen LogP contribution in [0, 0.1) is 6.92 Å². The second-order valence-corrected chi connectivity index (χ2v) is 6.19. The topological polar surface area (TPSA) is 59.2 Å². The first-order valence-corrected chi connectivity index (χ1v) is 7.96. The van der Waals surface area contributed by atoms with E-state index in [2.05, 4.69) is 37.2 Å². The zero-order valence-corrected chi connectivity index (χ0v) is 13.5. The van der Waals surface area contributed by atoms with Gasteiger partial charge in [0.25, 0.3) is 5.91 Å². The number of nitrogens with two attached hydrogens (primary N) is 1. The molecule has 0 bridgehead atoms. The van der Waals surface area contributed by atoms with Gasteiger partial charge in [-0.2, -0.15) is 0 Å². The van der Waals surface area contributed by atoms with Crippen molar-refractivity contribution in [1.29, 1.82) is 0 Å². The maximum atomic E-state index is 12.7. The van der Waals surface area contributed by atoms with Crippen molar-refractivity contribution in [3.8, 4) is 0 Å². The number of anilines is 1. The highest BCUT2D eigenvalue weighted by atomic mass is 32.1. The number of amides is 1. The summed E-state index contributed by atoms with van der Waals surface area (Å²) in [6.07, 6.45) is 2.48. The van der Waals surface area contributed by atoms with Crippen LogP contribution in [-0.4, -0.2) is 21.8 Å². The molecule has 0 aromatic carbocycles. The van der Waals surface area contributed by atoms with E-state index in [1.54, 1.807) is 29.7 Å². The van der Waals surface area contributed by atoms with Gasteiger partial charge in [0.15, 0.2) is 0 Å². The van der Waals surface area contributed by atoms with Gasteiger partial charge in [-0.3, -0.25) is 9.78 Å². The summed E-state index contributed by atoms with van der Waals surface area (Å²) >= 11 is 1.68. The number of pyridine rings is 1. The molecular formula is C16H21N3OS. The molecule has 21 heavy (non-hydrogen) atoms. The lowest BCUT2D eigenvalue weighted by Crippen LogP contribution is -2.38. The largest absolute Gasteiger partial charge is 0.399 e. The summed E-state index contributed by atoms with van der Waals surface area (Å²) in [5.41, 5.74) is 7.95. The molecule has 2 N–H and O–H groups in total. The molecule has 0 radical (unpaired) electrons. The third-order valence-electron chi connectivity index (χ3n) is 3.67. The number of carbonyl (C=O) groups excluding carboxylic acids is 1. The predicted octanol–water partition coefficient (Wildman–Crippen LogP) is 3.47. The molecule has 0 aliphatic carbocycles. The number of nitrogens with zero attached hydrogens (tertiary/aromatic N) is 2. The maximum Gasteiger partial charge on any atom is 0.273 e. The standard InChI is InChI=1S/C16H21N3OS/c1-4-12(3)19(10-15-11(2)6-8-21-15)16(20)14-9-13(17)5-7-18-14/h5-9,12H,4,10H2,1-3H3,(H2,17,18). The quantitative estimate of drug-likeness (QED) is 0.920. The van der Waals surface area contributed by atoms with Crippen molar-refractivity contribution in [3.63, 3.8) is 0 Å². The number of hydrogen-bond acceptors (Lipinski definition) is 4. The molecule has 0 saturated carbocycles. The lowest BCUT2D eigenvalue weighted by atomic mass is 10.1. The van der Waals surface area contributed by atoms with Gasteiger partial charge in [-0.1, -0.05) is 6.92 Å². The van der Waals surface area contributed by atoms with E-state index in [4.69, 9.17) is 5.73 Å². The van der Waals surface area contributed by atoms with E-state index in [0.29, 0.717) is 17.9 Å². The molecule has 2 aromatic rings. The van der Waals surface area contributed by atoms with Gasteiger partial charge in [0.05, 0.1) is 6.54 Å². The van der Waals surface area contributed by atoms with Crippen LogP contribution in [-0.2, 0) is 6.54 Å². The van der Waals surface area contributed by atoms with Crippen molar-refractivity contribution in [2.24, 2.45) is 0 Å². The highest BCUT2D eigenvalue weighted by Crippen LogP contribution is 2.21. The molecule has 2 rings (SSSR count). The van der Waals surface area contributed by atoms with Gasteiger partial charge < -0.3 is 10.6 Å². The highest BCUT2D eigenvalue weighted by Gasteiger charge is 2.22. The zero-order valence-electron chi connectivity index (χ0n) is 12.7. The molecule has 2 aromatic heterocycles. The Kier molecular flexibility index (Phi) is 4.96. The minimum atomic E-state index is -0.0653. The Balaban J connectivity index is 2.27. The third kappa shape index (κ3) is 3.61. The van der Waals surface area contributed by atoms with Crippen molar-refractivity contribution in [1.82, 2.24) is 9.88 Å². The van der Waals surface area contributed by atoms with Crippen LogP contribution in [0.15, 0.2) is 29.8 Å². The fourth-order valence-corrected chi connectivity index (χ4v) is 2.98. The van der Waals surface area contributed by atoms with Crippen LogP contribution in [0.3, 0.4) is 0 Å². The van der Waals surface area contributed by atoms with Gasteiger partial charge in [0.2, 0.25) is 0 Å². The lowest BCUT2D eigenvalue weighted by Gasteiger charge is -2.28. The first-order chi connectivity index (χ1) is 10.0. The monoisotopic (exact) mass is 303 g/mol. The first kappa shape index (κ1) is 15.5. The van der Waals surface area contributed by atoms with Gasteiger partial charge in [-0.15, -0.1) is 11.3 Å². The van der Waals surface area contributed by atoms with E-state index in [1.807, 2.05) is 4.90 Å². The zero-order chi connectivity index (χ0) is 15.4. The summed E-state index contributed by atoms with van der Waals surface area (Å²) in [5.74, 6) is -0.0653. The van der Waals surface area contributed by atoms with Crippen LogP contribution in [0.2, 0.25) is 0 Å². The third-order valence-corrected chi connectivity index (χ3v) is 4.68. The highest BCUT2D eigenvalue weighted by molar-refractivity contribution is 7.10.